The molecule has 4 aromatic rings. The van der Waals surface area contributed by atoms with E-state index in [1.807, 2.05) is 50.6 Å². The number of nitrogens with zero attached hydrogens (tertiary/aromatic N) is 5. The summed E-state index contributed by atoms with van der Waals surface area (Å²) in [6.07, 6.45) is 5.05. The van der Waals surface area contributed by atoms with Gasteiger partial charge in [-0.05, 0) is 65.5 Å². The molecule has 248 valence electrons. The number of fused-ring (bicyclic) bond motifs is 4. The minimum atomic E-state index is -1.28. The van der Waals surface area contributed by atoms with Crippen molar-refractivity contribution in [3.8, 4) is 11.1 Å². The Kier molecular flexibility index (Phi) is 8.79. The maximum absolute atomic E-state index is 14.3. The van der Waals surface area contributed by atoms with Gasteiger partial charge in [0.1, 0.15) is 12.3 Å². The Morgan fingerprint density at radius 3 is 2.48 bits per heavy atom. The Morgan fingerprint density at radius 2 is 1.83 bits per heavy atom. The smallest absolute Gasteiger partial charge is 0.407 e. The minimum Gasteiger partial charge on any atom is -0.444 e. The first-order valence-corrected chi connectivity index (χ1v) is 21.0. The number of anilines is 1. The van der Waals surface area contributed by atoms with E-state index in [1.54, 1.807) is 23.0 Å². The number of hydrogen-bond donors (Lipinski definition) is 1. The van der Waals surface area contributed by atoms with Crippen LogP contribution in [0.1, 0.15) is 51.5 Å². The van der Waals surface area contributed by atoms with Crippen LogP contribution in [0.3, 0.4) is 0 Å². The van der Waals surface area contributed by atoms with E-state index in [1.165, 1.54) is 0 Å². The largest absolute Gasteiger partial charge is 0.444 e. The number of alkyl carbamates (subject to hydrolysis) is 1. The first-order chi connectivity index (χ1) is 21.6. The van der Waals surface area contributed by atoms with Crippen molar-refractivity contribution >= 4 is 64.3 Å². The van der Waals surface area contributed by atoms with Gasteiger partial charge in [-0.25, -0.2) is 9.78 Å². The fourth-order valence-electron chi connectivity index (χ4n) is 6.75. The molecule has 2 saturated heterocycles. The molecule has 3 atom stereocenters. The Labute approximate surface area is 280 Å². The van der Waals surface area contributed by atoms with Gasteiger partial charge in [0.25, 0.3) is 5.56 Å². The number of halogens is 1. The molecule has 2 aliphatic rings. The van der Waals surface area contributed by atoms with Crippen LogP contribution in [0.25, 0.3) is 32.4 Å². The third-order valence-electron chi connectivity index (χ3n) is 8.88. The number of carbonyl (C=O) groups is 1. The molecule has 1 unspecified atom stereocenters. The lowest BCUT2D eigenvalue weighted by atomic mass is 9.98. The number of carbonyl (C=O) groups excluding carboxylic acids is 1. The van der Waals surface area contributed by atoms with E-state index < -0.39 is 13.7 Å². The predicted octanol–water partition coefficient (Wildman–Crippen LogP) is 7.31. The van der Waals surface area contributed by atoms with Crippen LogP contribution in [0.4, 0.5) is 10.7 Å². The predicted molar refractivity (Wildman–Crippen MR) is 189 cm³/mol. The van der Waals surface area contributed by atoms with Crippen molar-refractivity contribution in [2.24, 2.45) is 7.05 Å². The average molecular weight is 685 g/mol. The van der Waals surface area contributed by atoms with Gasteiger partial charge in [-0.1, -0.05) is 37.3 Å². The van der Waals surface area contributed by atoms with Gasteiger partial charge in [-0.2, -0.15) is 4.98 Å². The monoisotopic (exact) mass is 684 g/mol. The minimum absolute atomic E-state index is 0.00651. The molecule has 5 heterocycles. The highest BCUT2D eigenvalue weighted by atomic mass is 35.5. The fourth-order valence-corrected chi connectivity index (χ4v) is 8.75. The lowest BCUT2D eigenvalue weighted by molar-refractivity contribution is 0.0492. The average Bonchev–Trinajstić information content (AvgIpc) is 3.58. The zero-order valence-electron chi connectivity index (χ0n) is 28.1. The van der Waals surface area contributed by atoms with Crippen molar-refractivity contribution in [1.29, 1.82) is 0 Å². The number of benzene rings is 1. The Hall–Kier alpha value is -2.93. The van der Waals surface area contributed by atoms with Crippen LogP contribution in [-0.4, -0.2) is 63.6 Å². The van der Waals surface area contributed by atoms with Gasteiger partial charge in [0.15, 0.2) is 5.65 Å². The number of rotatable bonds is 8. The molecule has 0 saturated carbocycles. The summed E-state index contributed by atoms with van der Waals surface area (Å²) < 4.78 is 16.3. The molecule has 0 radical (unpaired) electrons. The van der Waals surface area contributed by atoms with Crippen molar-refractivity contribution in [2.45, 2.75) is 110 Å². The second-order valence-corrected chi connectivity index (χ2v) is 22.2. The van der Waals surface area contributed by atoms with E-state index in [9.17, 15) is 9.59 Å². The summed E-state index contributed by atoms with van der Waals surface area (Å²) >= 11 is 8.56. The molecule has 10 nitrogen and oxygen atoms in total. The summed E-state index contributed by atoms with van der Waals surface area (Å²) in [5.74, 6) is 0.647. The van der Waals surface area contributed by atoms with Crippen molar-refractivity contribution in [1.82, 2.24) is 24.4 Å². The number of aryl methyl sites for hydroxylation is 1. The van der Waals surface area contributed by atoms with E-state index >= 15 is 0 Å². The summed E-state index contributed by atoms with van der Waals surface area (Å²) in [7, 11) is 0.524. The summed E-state index contributed by atoms with van der Waals surface area (Å²) in [5, 5.41) is 5.13. The number of aromatic nitrogens is 4. The van der Waals surface area contributed by atoms with Crippen molar-refractivity contribution in [3.05, 3.63) is 38.7 Å². The number of piperidine rings is 1. The zero-order valence-corrected chi connectivity index (χ0v) is 30.6. The third kappa shape index (κ3) is 6.58. The molecular formula is C33H45ClN6O4SSi. The van der Waals surface area contributed by atoms with Crippen LogP contribution in [0, 0.1) is 6.92 Å². The van der Waals surface area contributed by atoms with Gasteiger partial charge in [0, 0.05) is 57.2 Å². The van der Waals surface area contributed by atoms with Crippen molar-refractivity contribution < 1.29 is 14.3 Å². The van der Waals surface area contributed by atoms with Crippen LogP contribution in [0.5, 0.6) is 0 Å². The second kappa shape index (κ2) is 12.3. The first-order valence-electron chi connectivity index (χ1n) is 16.1. The molecule has 1 N–H and O–H groups in total. The maximum Gasteiger partial charge on any atom is 0.407 e. The highest BCUT2D eigenvalue weighted by molar-refractivity contribution is 7.19. The van der Waals surface area contributed by atoms with Gasteiger partial charge < -0.3 is 24.3 Å². The van der Waals surface area contributed by atoms with Crippen LogP contribution in [-0.2, 0) is 23.3 Å². The molecule has 13 heteroatoms. The van der Waals surface area contributed by atoms with Gasteiger partial charge in [-0.15, -0.1) is 11.3 Å². The number of hydrogen-bond acceptors (Lipinski definition) is 8. The highest BCUT2D eigenvalue weighted by Crippen LogP contribution is 2.42. The lowest BCUT2D eigenvalue weighted by Gasteiger charge is -2.40. The fraction of sp³-hybridized carbons (Fsp3) is 0.576. The molecule has 1 aromatic carbocycles. The van der Waals surface area contributed by atoms with Gasteiger partial charge >= 0.3 is 6.09 Å². The van der Waals surface area contributed by atoms with Crippen LogP contribution >= 0.6 is 22.9 Å². The van der Waals surface area contributed by atoms with Crippen LogP contribution in [0.15, 0.2) is 23.1 Å². The van der Waals surface area contributed by atoms with Crippen molar-refractivity contribution in [3.63, 3.8) is 0 Å². The van der Waals surface area contributed by atoms with Gasteiger partial charge in [0.05, 0.1) is 25.6 Å². The second-order valence-electron chi connectivity index (χ2n) is 15.0. The topological polar surface area (TPSA) is 104 Å². The molecule has 0 spiro atoms. The number of nitrogens with one attached hydrogen (secondary N) is 1. The molecule has 0 aliphatic carbocycles. The van der Waals surface area contributed by atoms with Crippen LogP contribution in [0.2, 0.25) is 30.7 Å². The molecule has 3 aromatic heterocycles. The zero-order chi connectivity index (χ0) is 33.1. The number of ether oxygens (including phenoxy) is 2. The molecule has 2 aliphatic heterocycles. The lowest BCUT2D eigenvalue weighted by Crippen LogP contribution is -2.52. The third-order valence-corrected chi connectivity index (χ3v) is 12.1. The van der Waals surface area contributed by atoms with Gasteiger partial charge in [-0.3, -0.25) is 9.36 Å². The van der Waals surface area contributed by atoms with E-state index in [2.05, 4.69) is 34.8 Å². The summed E-state index contributed by atoms with van der Waals surface area (Å²) in [5.41, 5.74) is 2.28. The normalized spacial score (nSPS) is 20.2. The van der Waals surface area contributed by atoms with E-state index in [0.29, 0.717) is 28.6 Å². The van der Waals surface area contributed by atoms with E-state index in [0.717, 1.165) is 58.1 Å². The summed E-state index contributed by atoms with van der Waals surface area (Å²) in [6, 6.07) is 5.26. The van der Waals surface area contributed by atoms with Crippen molar-refractivity contribution in [2.75, 3.05) is 11.5 Å². The Morgan fingerprint density at radius 1 is 1.13 bits per heavy atom. The van der Waals surface area contributed by atoms with Crippen LogP contribution < -0.4 is 15.8 Å². The molecule has 46 heavy (non-hydrogen) atoms. The Balaban J connectivity index is 1.38. The van der Waals surface area contributed by atoms with E-state index in [4.69, 9.17) is 26.1 Å². The Bertz CT molecular complexity index is 1840. The molecular weight excluding hydrogens is 640 g/mol. The maximum atomic E-state index is 14.3. The molecule has 6 rings (SSSR count). The quantitative estimate of drug-likeness (QED) is 0.153. The molecule has 1 amide bonds. The van der Waals surface area contributed by atoms with Gasteiger partial charge in [0.2, 0.25) is 5.95 Å². The van der Waals surface area contributed by atoms with E-state index in [-0.39, 0.29) is 36.5 Å². The highest BCUT2D eigenvalue weighted by Gasteiger charge is 2.43. The number of amides is 1. The number of thiazole rings is 1. The SMILES string of the molecule is Cc1nc2ccc(-c3cn(COCC[Si](C)(C)C)c4nc(N5[C@@H]6CC[C@H]5CC(NC(=O)OC(C)(C)C)C6)n(C)c(=O)c34)c(Cl)c2s1. The molecule has 2 fully saturated rings. The first kappa shape index (κ1) is 33.0. The summed E-state index contributed by atoms with van der Waals surface area (Å²) in [4.78, 5) is 39.0. The molecule has 2 bridgehead atoms. The summed E-state index contributed by atoms with van der Waals surface area (Å²) in [6.45, 7) is 15.5. The standard InChI is InChI=1S/C33H45ClN6O4SSi/c1-19-35-25-12-11-23(27(34)28(25)45-19)24-17-39(18-43-13-14-46(6,7)8)29-26(24)30(41)38(5)31(37-29)40-21-9-10-22(40)16-20(15-21)36-32(42)44-33(2,3)4/h11-12,17,20-22H,9-10,13-16,18H2,1-8H3,(H,36,42)/t20?,21-,22+.